The van der Waals surface area contributed by atoms with Gasteiger partial charge in [0.1, 0.15) is 5.75 Å². The molecule has 0 spiro atoms. The predicted molar refractivity (Wildman–Crippen MR) is 95.6 cm³/mol. The average molecular weight is 363 g/mol. The Morgan fingerprint density at radius 1 is 1.17 bits per heavy atom. The number of carbonyl (C=O) groups is 1. The van der Waals surface area contributed by atoms with Crippen LogP contribution in [0.5, 0.6) is 5.75 Å². The Bertz CT molecular complexity index is 757. The zero-order chi connectivity index (χ0) is 17.4. The number of hydrogen-bond acceptors (Lipinski definition) is 3. The molecule has 24 heavy (non-hydrogen) atoms. The molecule has 0 aliphatic heterocycles. The van der Waals surface area contributed by atoms with E-state index in [0.29, 0.717) is 40.9 Å². The second-order valence-corrected chi connectivity index (χ2v) is 5.93. The van der Waals surface area contributed by atoms with Crippen molar-refractivity contribution >= 4 is 34.8 Å². The van der Waals surface area contributed by atoms with E-state index in [0.717, 1.165) is 5.56 Å². The van der Waals surface area contributed by atoms with Crippen molar-refractivity contribution in [3.8, 4) is 11.8 Å². The van der Waals surface area contributed by atoms with Crippen LogP contribution < -0.4 is 10.1 Å². The first-order valence-electron chi connectivity index (χ1n) is 7.42. The van der Waals surface area contributed by atoms with E-state index in [4.69, 9.17) is 33.2 Å². The Kier molecular flexibility index (Phi) is 6.92. The molecular weight excluding hydrogens is 347 g/mol. The second-order valence-electron chi connectivity index (χ2n) is 5.11. The summed E-state index contributed by atoms with van der Waals surface area (Å²) in [4.78, 5) is 12.1. The lowest BCUT2D eigenvalue weighted by atomic mass is 10.1. The summed E-state index contributed by atoms with van der Waals surface area (Å²) in [6, 6.07) is 14.3. The molecule has 4 nitrogen and oxygen atoms in total. The van der Waals surface area contributed by atoms with Crippen LogP contribution in [0.15, 0.2) is 42.5 Å². The fraction of sp³-hybridized carbons (Fsp3) is 0.222. The topological polar surface area (TPSA) is 62.1 Å². The first-order valence-corrected chi connectivity index (χ1v) is 8.17. The Hall–Kier alpha value is -2.22. The van der Waals surface area contributed by atoms with Crippen LogP contribution in [0.25, 0.3) is 0 Å². The van der Waals surface area contributed by atoms with E-state index >= 15 is 0 Å². The number of benzene rings is 2. The lowest BCUT2D eigenvalue weighted by Gasteiger charge is -2.09. The largest absolute Gasteiger partial charge is 0.493 e. The van der Waals surface area contributed by atoms with Crippen LogP contribution in [0, 0.1) is 11.3 Å². The van der Waals surface area contributed by atoms with Crippen molar-refractivity contribution in [1.29, 1.82) is 5.26 Å². The number of nitrogens with zero attached hydrogens (tertiary/aromatic N) is 1. The van der Waals surface area contributed by atoms with Gasteiger partial charge in [-0.25, -0.2) is 0 Å². The van der Waals surface area contributed by atoms with Gasteiger partial charge >= 0.3 is 0 Å². The molecule has 124 valence electrons. The third kappa shape index (κ3) is 5.77. The summed E-state index contributed by atoms with van der Waals surface area (Å²) in [6.45, 7) is 0.467. The van der Waals surface area contributed by atoms with Gasteiger partial charge in [-0.2, -0.15) is 5.26 Å². The molecule has 2 rings (SSSR count). The standard InChI is InChI=1S/C18H16Cl2N2O2/c19-16-7-6-13(10-17(16)20)11-18(23)22-14-4-3-5-15(12-14)24-9-2-1-8-21/h3-7,10,12H,1-2,9,11H2,(H,22,23). The van der Waals surface area contributed by atoms with Gasteiger partial charge in [-0.05, 0) is 36.2 Å². The van der Waals surface area contributed by atoms with Gasteiger partial charge in [0.2, 0.25) is 5.91 Å². The minimum atomic E-state index is -0.157. The molecule has 0 aliphatic rings. The molecule has 0 radical (unpaired) electrons. The molecule has 6 heteroatoms. The Labute approximate surface area is 151 Å². The summed E-state index contributed by atoms with van der Waals surface area (Å²) in [5, 5.41) is 12.2. The van der Waals surface area contributed by atoms with E-state index in [1.807, 2.05) is 0 Å². The maximum Gasteiger partial charge on any atom is 0.228 e. The van der Waals surface area contributed by atoms with E-state index in [1.165, 1.54) is 0 Å². The summed E-state index contributed by atoms with van der Waals surface area (Å²) in [6.07, 6.45) is 1.33. The number of nitriles is 1. The first kappa shape index (κ1) is 18.1. The molecule has 0 aliphatic carbocycles. The highest BCUT2D eigenvalue weighted by molar-refractivity contribution is 6.42. The van der Waals surface area contributed by atoms with Gasteiger partial charge in [-0.3, -0.25) is 4.79 Å². The molecule has 0 atom stereocenters. The fourth-order valence-corrected chi connectivity index (χ4v) is 2.37. The molecule has 0 bridgehead atoms. The van der Waals surface area contributed by atoms with Crippen molar-refractivity contribution in [2.45, 2.75) is 19.3 Å². The highest BCUT2D eigenvalue weighted by Gasteiger charge is 2.07. The van der Waals surface area contributed by atoms with Crippen molar-refractivity contribution in [3.63, 3.8) is 0 Å². The van der Waals surface area contributed by atoms with E-state index in [9.17, 15) is 4.79 Å². The van der Waals surface area contributed by atoms with Gasteiger partial charge < -0.3 is 10.1 Å². The number of unbranched alkanes of at least 4 members (excludes halogenated alkanes) is 1. The SMILES string of the molecule is N#CCCCOc1cccc(NC(=O)Cc2ccc(Cl)c(Cl)c2)c1. The minimum Gasteiger partial charge on any atom is -0.493 e. The molecule has 2 aromatic carbocycles. The maximum absolute atomic E-state index is 12.1. The van der Waals surface area contributed by atoms with Crippen molar-refractivity contribution in [2.75, 3.05) is 11.9 Å². The number of carbonyl (C=O) groups excluding carboxylic acids is 1. The number of anilines is 1. The Balaban J connectivity index is 1.91. The molecule has 0 heterocycles. The van der Waals surface area contributed by atoms with Crippen molar-refractivity contribution < 1.29 is 9.53 Å². The maximum atomic E-state index is 12.1. The number of ether oxygens (including phenoxy) is 1. The van der Waals surface area contributed by atoms with E-state index in [2.05, 4.69) is 11.4 Å². The van der Waals surface area contributed by atoms with Gasteiger partial charge in [0.15, 0.2) is 0 Å². The van der Waals surface area contributed by atoms with Crippen LogP contribution in [0.1, 0.15) is 18.4 Å². The molecule has 0 aromatic heterocycles. The summed E-state index contributed by atoms with van der Waals surface area (Å²) in [7, 11) is 0. The molecule has 0 fully saturated rings. The lowest BCUT2D eigenvalue weighted by molar-refractivity contribution is -0.115. The molecular formula is C18H16Cl2N2O2. The summed E-state index contributed by atoms with van der Waals surface area (Å²) >= 11 is 11.8. The number of rotatable bonds is 7. The normalized spacial score (nSPS) is 10.0. The molecule has 0 saturated carbocycles. The van der Waals surface area contributed by atoms with Crippen LogP contribution in [0.2, 0.25) is 10.0 Å². The van der Waals surface area contributed by atoms with Gasteiger partial charge in [0.25, 0.3) is 0 Å². The summed E-state index contributed by atoms with van der Waals surface area (Å²) in [5.41, 5.74) is 1.43. The van der Waals surface area contributed by atoms with E-state index < -0.39 is 0 Å². The molecule has 0 saturated heterocycles. The highest BCUT2D eigenvalue weighted by Crippen LogP contribution is 2.23. The third-order valence-electron chi connectivity index (χ3n) is 3.17. The smallest absolute Gasteiger partial charge is 0.228 e. The molecule has 2 aromatic rings. The second kappa shape index (κ2) is 9.17. The number of amides is 1. The minimum absolute atomic E-state index is 0.157. The first-order chi connectivity index (χ1) is 11.6. The third-order valence-corrected chi connectivity index (χ3v) is 3.91. The zero-order valence-electron chi connectivity index (χ0n) is 12.9. The molecule has 1 N–H and O–H groups in total. The zero-order valence-corrected chi connectivity index (χ0v) is 14.4. The lowest BCUT2D eigenvalue weighted by Crippen LogP contribution is -2.14. The number of halogens is 2. The van der Waals surface area contributed by atoms with E-state index in [1.54, 1.807) is 42.5 Å². The number of hydrogen-bond donors (Lipinski definition) is 1. The van der Waals surface area contributed by atoms with Crippen LogP contribution in [0.4, 0.5) is 5.69 Å². The Morgan fingerprint density at radius 3 is 2.75 bits per heavy atom. The molecule has 0 unspecified atom stereocenters. The molecule has 1 amide bonds. The fourth-order valence-electron chi connectivity index (χ4n) is 2.05. The quantitative estimate of drug-likeness (QED) is 0.715. The summed E-state index contributed by atoms with van der Waals surface area (Å²) < 4.78 is 5.54. The van der Waals surface area contributed by atoms with Crippen LogP contribution in [-0.2, 0) is 11.2 Å². The van der Waals surface area contributed by atoms with Gasteiger partial charge in [0, 0.05) is 18.2 Å². The number of nitrogens with one attached hydrogen (secondary N) is 1. The van der Waals surface area contributed by atoms with Gasteiger partial charge in [-0.1, -0.05) is 35.3 Å². The highest BCUT2D eigenvalue weighted by atomic mass is 35.5. The van der Waals surface area contributed by atoms with Gasteiger partial charge in [0.05, 0.1) is 29.1 Å². The van der Waals surface area contributed by atoms with Crippen LogP contribution in [0.3, 0.4) is 0 Å². The Morgan fingerprint density at radius 2 is 2.00 bits per heavy atom. The summed E-state index contributed by atoms with van der Waals surface area (Å²) in [5.74, 6) is 0.496. The predicted octanol–water partition coefficient (Wildman–Crippen LogP) is 4.86. The van der Waals surface area contributed by atoms with Crippen LogP contribution >= 0.6 is 23.2 Å². The van der Waals surface area contributed by atoms with Crippen molar-refractivity contribution in [3.05, 3.63) is 58.1 Å². The van der Waals surface area contributed by atoms with E-state index in [-0.39, 0.29) is 12.3 Å². The van der Waals surface area contributed by atoms with Crippen molar-refractivity contribution in [2.24, 2.45) is 0 Å². The van der Waals surface area contributed by atoms with Crippen molar-refractivity contribution in [1.82, 2.24) is 0 Å². The van der Waals surface area contributed by atoms with Gasteiger partial charge in [-0.15, -0.1) is 0 Å². The van der Waals surface area contributed by atoms with Crippen LogP contribution in [-0.4, -0.2) is 12.5 Å². The monoisotopic (exact) mass is 362 g/mol. The average Bonchev–Trinajstić information content (AvgIpc) is 2.55.